The molecule has 3 nitrogen and oxygen atoms in total. The van der Waals surface area contributed by atoms with Gasteiger partial charge in [0, 0.05) is 13.6 Å². The Morgan fingerprint density at radius 3 is 2.78 bits per heavy atom. The monoisotopic (exact) mass is 267 g/mol. The highest BCUT2D eigenvalue weighted by atomic mass is 28.4. The first-order valence-corrected chi connectivity index (χ1v) is 10.4. The molecule has 2 aliphatic rings. The van der Waals surface area contributed by atoms with E-state index in [9.17, 15) is 4.79 Å². The van der Waals surface area contributed by atoms with E-state index in [-0.39, 0.29) is 11.5 Å². The molecule has 0 aromatic carbocycles. The Hall–Kier alpha value is -0.613. The summed E-state index contributed by atoms with van der Waals surface area (Å²) in [6.45, 7) is 7.48. The van der Waals surface area contributed by atoms with Crippen LogP contribution in [0.4, 0.5) is 0 Å². The van der Waals surface area contributed by atoms with Crippen LogP contribution in [0.2, 0.25) is 19.6 Å². The topological polar surface area (TPSA) is 29.5 Å². The summed E-state index contributed by atoms with van der Waals surface area (Å²) in [7, 11) is 0.296. The fourth-order valence-electron chi connectivity index (χ4n) is 3.14. The summed E-state index contributed by atoms with van der Waals surface area (Å²) < 4.78 is 6.30. The number of carbonyl (C=O) groups excluding carboxylic acids is 1. The van der Waals surface area contributed by atoms with E-state index in [2.05, 4.69) is 31.8 Å². The zero-order valence-corrected chi connectivity index (χ0v) is 13.0. The Bertz CT molecular complexity index is 361. The number of carbonyl (C=O) groups is 1. The van der Waals surface area contributed by atoms with Crippen LogP contribution in [-0.2, 0) is 9.22 Å². The minimum absolute atomic E-state index is 0.00633. The van der Waals surface area contributed by atoms with Gasteiger partial charge in [0.2, 0.25) is 5.91 Å². The molecule has 2 rings (SSSR count). The molecule has 4 heteroatoms. The molecule has 1 aliphatic heterocycles. The molecule has 1 fully saturated rings. The fourth-order valence-corrected chi connectivity index (χ4v) is 4.20. The maximum absolute atomic E-state index is 12.6. The third-order valence-corrected chi connectivity index (χ3v) is 4.94. The highest BCUT2D eigenvalue weighted by Crippen LogP contribution is 2.44. The van der Waals surface area contributed by atoms with E-state index >= 15 is 0 Å². The number of hydrogen-bond acceptors (Lipinski definition) is 2. The van der Waals surface area contributed by atoms with Crippen LogP contribution in [0.25, 0.3) is 0 Å². The van der Waals surface area contributed by atoms with Crippen LogP contribution in [-0.4, -0.2) is 38.8 Å². The van der Waals surface area contributed by atoms with Crippen LogP contribution in [0.5, 0.6) is 0 Å². The lowest BCUT2D eigenvalue weighted by Crippen LogP contribution is -2.55. The van der Waals surface area contributed by atoms with E-state index in [1.165, 1.54) is 0 Å². The van der Waals surface area contributed by atoms with Crippen molar-refractivity contribution in [2.24, 2.45) is 5.41 Å². The molecule has 1 aliphatic carbocycles. The van der Waals surface area contributed by atoms with Crippen molar-refractivity contribution in [2.45, 2.75) is 51.4 Å². The number of nitrogens with zero attached hydrogens (tertiary/aromatic N) is 1. The van der Waals surface area contributed by atoms with Gasteiger partial charge in [-0.05, 0) is 45.3 Å². The van der Waals surface area contributed by atoms with Crippen LogP contribution in [0.15, 0.2) is 12.2 Å². The number of piperidine rings is 1. The predicted octanol–water partition coefficient (Wildman–Crippen LogP) is 2.80. The highest BCUT2D eigenvalue weighted by molar-refractivity contribution is 6.69. The Balaban J connectivity index is 2.27. The van der Waals surface area contributed by atoms with Gasteiger partial charge in [0.05, 0.1) is 11.5 Å². The van der Waals surface area contributed by atoms with Crippen molar-refractivity contribution < 1.29 is 9.22 Å². The standard InChI is InChI=1S/C14H25NO2Si/c1-15-11-7-10-14(13(15)16)9-6-5-8-12(14)17-18(2,3)4/h5,8,12H,6-7,9-11H2,1-4H3/t12-,14+/m1/s1. The van der Waals surface area contributed by atoms with Gasteiger partial charge in [0.15, 0.2) is 8.32 Å². The van der Waals surface area contributed by atoms with Gasteiger partial charge >= 0.3 is 0 Å². The van der Waals surface area contributed by atoms with Crippen molar-refractivity contribution in [3.05, 3.63) is 12.2 Å². The van der Waals surface area contributed by atoms with Crippen molar-refractivity contribution in [1.82, 2.24) is 4.90 Å². The zero-order valence-electron chi connectivity index (χ0n) is 12.0. The molecule has 0 bridgehead atoms. The molecule has 1 heterocycles. The summed E-state index contributed by atoms with van der Waals surface area (Å²) >= 11 is 0. The van der Waals surface area contributed by atoms with Gasteiger partial charge in [-0.1, -0.05) is 12.2 Å². The fraction of sp³-hybridized carbons (Fsp3) is 0.786. The maximum Gasteiger partial charge on any atom is 0.231 e. The average molecular weight is 267 g/mol. The number of likely N-dealkylation sites (tertiary alicyclic amines) is 1. The molecule has 0 radical (unpaired) electrons. The Kier molecular flexibility index (Phi) is 3.69. The summed E-state index contributed by atoms with van der Waals surface area (Å²) in [5, 5.41) is 0. The lowest BCUT2D eigenvalue weighted by atomic mass is 9.69. The first kappa shape index (κ1) is 13.8. The largest absolute Gasteiger partial charge is 0.410 e. The van der Waals surface area contributed by atoms with Gasteiger partial charge in [0.25, 0.3) is 0 Å². The molecule has 0 N–H and O–H groups in total. The second-order valence-electron chi connectivity index (χ2n) is 6.60. The molecule has 0 unspecified atom stereocenters. The third-order valence-electron chi connectivity index (χ3n) is 3.98. The molecule has 0 aromatic rings. The van der Waals surface area contributed by atoms with E-state index in [0.717, 1.165) is 32.2 Å². The van der Waals surface area contributed by atoms with E-state index in [0.29, 0.717) is 5.91 Å². The van der Waals surface area contributed by atoms with Gasteiger partial charge in [-0.15, -0.1) is 0 Å². The van der Waals surface area contributed by atoms with Gasteiger partial charge in [-0.25, -0.2) is 0 Å². The lowest BCUT2D eigenvalue weighted by molar-refractivity contribution is -0.151. The minimum Gasteiger partial charge on any atom is -0.410 e. The first-order chi connectivity index (χ1) is 8.35. The molecule has 18 heavy (non-hydrogen) atoms. The summed E-state index contributed by atoms with van der Waals surface area (Å²) in [4.78, 5) is 14.5. The quantitative estimate of drug-likeness (QED) is 0.569. The Morgan fingerprint density at radius 2 is 2.11 bits per heavy atom. The predicted molar refractivity (Wildman–Crippen MR) is 75.9 cm³/mol. The number of allylic oxidation sites excluding steroid dienone is 1. The van der Waals surface area contributed by atoms with Crippen molar-refractivity contribution in [3.63, 3.8) is 0 Å². The maximum atomic E-state index is 12.6. The first-order valence-electron chi connectivity index (χ1n) is 6.95. The van der Waals surface area contributed by atoms with Crippen molar-refractivity contribution in [2.75, 3.05) is 13.6 Å². The van der Waals surface area contributed by atoms with Gasteiger partial charge in [0.1, 0.15) is 0 Å². The molecule has 1 spiro atoms. The van der Waals surface area contributed by atoms with Crippen molar-refractivity contribution in [3.8, 4) is 0 Å². The Morgan fingerprint density at radius 1 is 1.39 bits per heavy atom. The van der Waals surface area contributed by atoms with Crippen LogP contribution in [0, 0.1) is 5.41 Å². The third kappa shape index (κ3) is 2.54. The number of rotatable bonds is 2. The van der Waals surface area contributed by atoms with Gasteiger partial charge < -0.3 is 9.33 Å². The SMILES string of the molecule is CN1CCC[C@]2(CCC=C[C@H]2O[Si](C)(C)C)C1=O. The lowest BCUT2D eigenvalue weighted by Gasteiger charge is -2.47. The Labute approximate surface area is 111 Å². The molecular weight excluding hydrogens is 242 g/mol. The molecule has 102 valence electrons. The number of hydrogen-bond donors (Lipinski definition) is 0. The van der Waals surface area contributed by atoms with E-state index in [1.54, 1.807) is 0 Å². The van der Waals surface area contributed by atoms with Crippen LogP contribution < -0.4 is 0 Å². The van der Waals surface area contributed by atoms with Crippen molar-refractivity contribution >= 4 is 14.2 Å². The highest BCUT2D eigenvalue weighted by Gasteiger charge is 2.49. The van der Waals surface area contributed by atoms with Gasteiger partial charge in [-0.3, -0.25) is 4.79 Å². The molecule has 0 aromatic heterocycles. The normalized spacial score (nSPS) is 33.2. The van der Waals surface area contributed by atoms with Crippen LogP contribution in [0.1, 0.15) is 25.7 Å². The smallest absolute Gasteiger partial charge is 0.231 e. The minimum atomic E-state index is -1.63. The molecular formula is C14H25NO2Si. The van der Waals surface area contributed by atoms with E-state index in [4.69, 9.17) is 4.43 Å². The molecule has 0 saturated carbocycles. The van der Waals surface area contributed by atoms with Crippen molar-refractivity contribution in [1.29, 1.82) is 0 Å². The van der Waals surface area contributed by atoms with E-state index in [1.807, 2.05) is 11.9 Å². The van der Waals surface area contributed by atoms with E-state index < -0.39 is 8.32 Å². The van der Waals surface area contributed by atoms with Crippen LogP contribution in [0.3, 0.4) is 0 Å². The summed E-state index contributed by atoms with van der Waals surface area (Å²) in [5.74, 6) is 0.293. The average Bonchev–Trinajstić information content (AvgIpc) is 2.27. The molecule has 1 amide bonds. The zero-order chi connectivity index (χ0) is 13.4. The van der Waals surface area contributed by atoms with Gasteiger partial charge in [-0.2, -0.15) is 0 Å². The second-order valence-corrected chi connectivity index (χ2v) is 11.1. The summed E-state index contributed by atoms with van der Waals surface area (Å²) in [6, 6.07) is 0. The summed E-state index contributed by atoms with van der Waals surface area (Å²) in [5.41, 5.74) is -0.276. The molecule has 2 atom stereocenters. The molecule has 1 saturated heterocycles. The number of amides is 1. The summed E-state index contributed by atoms with van der Waals surface area (Å²) in [6.07, 6.45) is 8.34. The van der Waals surface area contributed by atoms with Crippen LogP contribution >= 0.6 is 0 Å². The second kappa shape index (κ2) is 4.81.